The predicted molar refractivity (Wildman–Crippen MR) is 104 cm³/mol. The molecule has 0 aromatic heterocycles. The molecule has 0 radical (unpaired) electrons. The summed E-state index contributed by atoms with van der Waals surface area (Å²) in [5.74, 6) is 2.13. The molecular weight excluding hydrogens is 356 g/mol. The van der Waals surface area contributed by atoms with Crippen LogP contribution in [0.3, 0.4) is 0 Å². The average molecular weight is 374 g/mol. The van der Waals surface area contributed by atoms with Crippen LogP contribution < -0.4 is 24.4 Å². The monoisotopic (exact) mass is 374 g/mol. The predicted octanol–water partition coefficient (Wildman–Crippen LogP) is 4.34. The number of anilines is 1. The molecule has 0 aliphatic carbocycles. The normalized spacial score (nSPS) is 24.5. The quantitative estimate of drug-likeness (QED) is 0.688. The van der Waals surface area contributed by atoms with Gasteiger partial charge in [0.25, 0.3) is 0 Å². The molecule has 0 spiro atoms. The second-order valence-electron chi connectivity index (χ2n) is 7.55. The fraction of sp³-hybridized carbons (Fsp3) is 0.227. The van der Waals surface area contributed by atoms with Crippen molar-refractivity contribution in [2.75, 3.05) is 11.7 Å². The van der Waals surface area contributed by atoms with E-state index in [4.69, 9.17) is 14.2 Å². The Bertz CT molecular complexity index is 1140. The second kappa shape index (κ2) is 5.32. The first-order valence-electron chi connectivity index (χ1n) is 9.33. The van der Waals surface area contributed by atoms with Crippen LogP contribution in [0.2, 0.25) is 0 Å². The number of amides is 2. The zero-order valence-electron chi connectivity index (χ0n) is 15.3. The van der Waals surface area contributed by atoms with Gasteiger partial charge in [0.1, 0.15) is 5.75 Å². The van der Waals surface area contributed by atoms with E-state index in [1.54, 1.807) is 4.90 Å². The molecule has 1 fully saturated rings. The summed E-state index contributed by atoms with van der Waals surface area (Å²) in [6.07, 6.45) is 0.647. The number of carbonyl (C=O) groups is 1. The summed E-state index contributed by atoms with van der Waals surface area (Å²) in [7, 11) is 0. The Balaban J connectivity index is 1.48. The number of hydrogen-bond donors (Lipinski definition) is 1. The van der Waals surface area contributed by atoms with Crippen molar-refractivity contribution in [3.05, 3.63) is 60.2 Å². The molecule has 2 unspecified atom stereocenters. The minimum atomic E-state index is -0.795. The molecule has 0 saturated carbocycles. The SMILES string of the molecule is CC12CC(NC(=O)N1c1ccc3c(c1)OCO3)c1c(ccc3ccccc13)O2. The molecule has 2 bridgehead atoms. The fourth-order valence-corrected chi connectivity index (χ4v) is 4.59. The van der Waals surface area contributed by atoms with Crippen LogP contribution in [0.1, 0.15) is 24.9 Å². The number of fused-ring (bicyclic) bond motifs is 7. The lowest BCUT2D eigenvalue weighted by Gasteiger charge is -2.50. The molecule has 3 aromatic carbocycles. The van der Waals surface area contributed by atoms with Crippen molar-refractivity contribution < 1.29 is 19.0 Å². The highest BCUT2D eigenvalue weighted by Gasteiger charge is 2.50. The van der Waals surface area contributed by atoms with E-state index in [1.807, 2.05) is 43.3 Å². The van der Waals surface area contributed by atoms with Crippen LogP contribution in [0.5, 0.6) is 17.2 Å². The number of rotatable bonds is 1. The Labute approximate surface area is 161 Å². The van der Waals surface area contributed by atoms with Crippen molar-refractivity contribution in [2.24, 2.45) is 0 Å². The fourth-order valence-electron chi connectivity index (χ4n) is 4.59. The van der Waals surface area contributed by atoms with Crippen molar-refractivity contribution in [1.82, 2.24) is 5.32 Å². The molecule has 3 aliphatic rings. The van der Waals surface area contributed by atoms with E-state index in [0.717, 1.165) is 22.1 Å². The Kier molecular flexibility index (Phi) is 2.97. The lowest BCUT2D eigenvalue weighted by molar-refractivity contribution is 0.0385. The molecule has 3 heterocycles. The lowest BCUT2D eigenvalue weighted by Crippen LogP contribution is -2.65. The summed E-state index contributed by atoms with van der Waals surface area (Å²) >= 11 is 0. The Morgan fingerprint density at radius 1 is 1.04 bits per heavy atom. The number of hydrogen-bond acceptors (Lipinski definition) is 4. The van der Waals surface area contributed by atoms with E-state index in [1.165, 1.54) is 0 Å². The van der Waals surface area contributed by atoms with E-state index < -0.39 is 5.72 Å². The van der Waals surface area contributed by atoms with Gasteiger partial charge in [0.15, 0.2) is 17.2 Å². The zero-order valence-corrected chi connectivity index (χ0v) is 15.3. The summed E-state index contributed by atoms with van der Waals surface area (Å²) in [5.41, 5.74) is 0.970. The van der Waals surface area contributed by atoms with Gasteiger partial charge in [-0.3, -0.25) is 4.90 Å². The van der Waals surface area contributed by atoms with E-state index in [2.05, 4.69) is 23.5 Å². The molecule has 6 rings (SSSR count). The van der Waals surface area contributed by atoms with Gasteiger partial charge in [0.2, 0.25) is 6.79 Å². The third-order valence-corrected chi connectivity index (χ3v) is 5.78. The highest BCUT2D eigenvalue weighted by atomic mass is 16.7. The topological polar surface area (TPSA) is 60.0 Å². The molecule has 3 aliphatic heterocycles. The zero-order chi connectivity index (χ0) is 18.9. The molecule has 1 N–H and O–H groups in total. The molecule has 1 saturated heterocycles. The number of carbonyl (C=O) groups excluding carboxylic acids is 1. The Hall–Kier alpha value is -3.41. The van der Waals surface area contributed by atoms with Crippen molar-refractivity contribution >= 4 is 22.5 Å². The summed E-state index contributed by atoms with van der Waals surface area (Å²) in [6.45, 7) is 2.16. The van der Waals surface area contributed by atoms with Gasteiger partial charge in [-0.15, -0.1) is 0 Å². The van der Waals surface area contributed by atoms with Gasteiger partial charge in [-0.1, -0.05) is 30.3 Å². The van der Waals surface area contributed by atoms with Crippen molar-refractivity contribution in [1.29, 1.82) is 0 Å². The number of urea groups is 1. The van der Waals surface area contributed by atoms with Gasteiger partial charge in [-0.05, 0) is 35.9 Å². The maximum absolute atomic E-state index is 13.1. The second-order valence-corrected chi connectivity index (χ2v) is 7.55. The van der Waals surface area contributed by atoms with Gasteiger partial charge >= 0.3 is 6.03 Å². The van der Waals surface area contributed by atoms with E-state index in [9.17, 15) is 4.79 Å². The minimum Gasteiger partial charge on any atom is -0.467 e. The number of nitrogens with one attached hydrogen (secondary N) is 1. The molecule has 6 nitrogen and oxygen atoms in total. The average Bonchev–Trinajstić information content (AvgIpc) is 3.14. The van der Waals surface area contributed by atoms with E-state index in [-0.39, 0.29) is 18.9 Å². The van der Waals surface area contributed by atoms with Gasteiger partial charge in [0, 0.05) is 18.1 Å². The first-order chi connectivity index (χ1) is 13.6. The molecule has 6 heteroatoms. The maximum Gasteiger partial charge on any atom is 0.325 e. The largest absolute Gasteiger partial charge is 0.467 e. The highest BCUT2D eigenvalue weighted by molar-refractivity contribution is 5.97. The molecule has 3 aromatic rings. The van der Waals surface area contributed by atoms with Gasteiger partial charge in [0.05, 0.1) is 11.7 Å². The van der Waals surface area contributed by atoms with E-state index >= 15 is 0 Å². The van der Waals surface area contributed by atoms with Crippen LogP contribution in [0, 0.1) is 0 Å². The standard InChI is InChI=1S/C22H18N2O4/c1-22-11-16(20-15-5-3-2-4-13(15)6-8-18(20)28-22)23-21(25)24(22)14-7-9-17-19(10-14)27-12-26-17/h2-10,16H,11-12H2,1H3,(H,23,25). The molecule has 2 atom stereocenters. The molecular formula is C22H18N2O4. The number of benzene rings is 3. The van der Waals surface area contributed by atoms with Crippen LogP contribution in [0.4, 0.5) is 10.5 Å². The minimum absolute atomic E-state index is 0.0994. The van der Waals surface area contributed by atoms with Crippen LogP contribution >= 0.6 is 0 Å². The number of nitrogens with zero attached hydrogens (tertiary/aromatic N) is 1. The maximum atomic E-state index is 13.1. The third kappa shape index (κ3) is 2.05. The summed E-state index contributed by atoms with van der Waals surface area (Å²) in [6, 6.07) is 17.5. The number of ether oxygens (including phenoxy) is 3. The van der Waals surface area contributed by atoms with Crippen LogP contribution in [-0.4, -0.2) is 18.5 Å². The molecule has 140 valence electrons. The Morgan fingerprint density at radius 3 is 2.79 bits per heavy atom. The van der Waals surface area contributed by atoms with Crippen molar-refractivity contribution in [3.63, 3.8) is 0 Å². The van der Waals surface area contributed by atoms with Crippen molar-refractivity contribution in [2.45, 2.75) is 25.1 Å². The smallest absolute Gasteiger partial charge is 0.325 e. The first kappa shape index (κ1) is 15.6. The summed E-state index contributed by atoms with van der Waals surface area (Å²) < 4.78 is 17.3. The van der Waals surface area contributed by atoms with Crippen LogP contribution in [-0.2, 0) is 0 Å². The van der Waals surface area contributed by atoms with Gasteiger partial charge in [-0.2, -0.15) is 0 Å². The van der Waals surface area contributed by atoms with Crippen LogP contribution in [0.15, 0.2) is 54.6 Å². The van der Waals surface area contributed by atoms with Gasteiger partial charge in [-0.25, -0.2) is 4.79 Å². The summed E-state index contributed by atoms with van der Waals surface area (Å²) in [4.78, 5) is 14.8. The van der Waals surface area contributed by atoms with Gasteiger partial charge < -0.3 is 19.5 Å². The Morgan fingerprint density at radius 2 is 1.86 bits per heavy atom. The van der Waals surface area contributed by atoms with Crippen LogP contribution in [0.25, 0.3) is 10.8 Å². The first-order valence-corrected chi connectivity index (χ1v) is 9.33. The van der Waals surface area contributed by atoms with E-state index in [0.29, 0.717) is 23.6 Å². The lowest BCUT2D eigenvalue weighted by atomic mass is 9.87. The summed E-state index contributed by atoms with van der Waals surface area (Å²) in [5, 5.41) is 5.43. The highest BCUT2D eigenvalue weighted by Crippen LogP contribution is 2.48. The third-order valence-electron chi connectivity index (χ3n) is 5.78. The molecule has 28 heavy (non-hydrogen) atoms. The van der Waals surface area contributed by atoms with Crippen molar-refractivity contribution in [3.8, 4) is 17.2 Å². The molecule has 2 amide bonds.